The third kappa shape index (κ3) is 2.19. The lowest BCUT2D eigenvalue weighted by Gasteiger charge is -2.10. The van der Waals surface area contributed by atoms with E-state index in [2.05, 4.69) is 4.98 Å². The second-order valence-corrected chi connectivity index (χ2v) is 5.24. The van der Waals surface area contributed by atoms with Gasteiger partial charge in [0.1, 0.15) is 11.3 Å². The number of para-hydroxylation sites is 1. The van der Waals surface area contributed by atoms with Crippen LogP contribution in [0, 0.1) is 0 Å². The van der Waals surface area contributed by atoms with Crippen molar-refractivity contribution in [3.05, 3.63) is 54.7 Å². The molecule has 0 radical (unpaired) electrons. The highest BCUT2D eigenvalue weighted by molar-refractivity contribution is 5.92. The molecule has 0 saturated carbocycles. The Balaban J connectivity index is 1.88. The van der Waals surface area contributed by atoms with Crippen LogP contribution < -0.4 is 9.47 Å². The van der Waals surface area contributed by atoms with E-state index in [4.69, 9.17) is 13.9 Å². The van der Waals surface area contributed by atoms with E-state index in [1.807, 2.05) is 48.5 Å². The molecule has 0 amide bonds. The van der Waals surface area contributed by atoms with Gasteiger partial charge in [-0.05, 0) is 29.7 Å². The van der Waals surface area contributed by atoms with Crippen LogP contribution in [0.1, 0.15) is 0 Å². The third-order valence-corrected chi connectivity index (χ3v) is 3.92. The number of rotatable bonds is 3. The van der Waals surface area contributed by atoms with E-state index in [1.54, 1.807) is 20.4 Å². The van der Waals surface area contributed by atoms with E-state index in [-0.39, 0.29) is 0 Å². The highest BCUT2D eigenvalue weighted by Gasteiger charge is 2.12. The number of benzene rings is 2. The van der Waals surface area contributed by atoms with Crippen molar-refractivity contribution in [1.82, 2.24) is 4.98 Å². The summed E-state index contributed by atoms with van der Waals surface area (Å²) in [5, 5.41) is 3.00. The van der Waals surface area contributed by atoms with Crippen molar-refractivity contribution in [3.63, 3.8) is 0 Å². The Labute approximate surface area is 133 Å². The van der Waals surface area contributed by atoms with Gasteiger partial charge in [0.05, 0.1) is 14.2 Å². The van der Waals surface area contributed by atoms with E-state index >= 15 is 0 Å². The van der Waals surface area contributed by atoms with Gasteiger partial charge in [-0.15, -0.1) is 0 Å². The van der Waals surface area contributed by atoms with Gasteiger partial charge < -0.3 is 13.9 Å². The maximum absolute atomic E-state index is 5.89. The molecule has 23 heavy (non-hydrogen) atoms. The lowest BCUT2D eigenvalue weighted by molar-refractivity contribution is 0.358. The van der Waals surface area contributed by atoms with Gasteiger partial charge in [-0.2, -0.15) is 0 Å². The molecule has 0 saturated heterocycles. The number of furan rings is 1. The van der Waals surface area contributed by atoms with Gasteiger partial charge in [-0.25, -0.2) is 0 Å². The molecule has 0 spiro atoms. The second kappa shape index (κ2) is 5.32. The van der Waals surface area contributed by atoms with Crippen LogP contribution in [0.4, 0.5) is 0 Å². The van der Waals surface area contributed by atoms with Gasteiger partial charge in [0.2, 0.25) is 0 Å². The van der Waals surface area contributed by atoms with Crippen LogP contribution in [0.2, 0.25) is 0 Å². The molecule has 4 rings (SSSR count). The molecule has 0 atom stereocenters. The van der Waals surface area contributed by atoms with Crippen LogP contribution in [0.15, 0.2) is 59.1 Å². The van der Waals surface area contributed by atoms with E-state index < -0.39 is 0 Å². The number of nitrogens with zero attached hydrogens (tertiary/aromatic N) is 1. The van der Waals surface area contributed by atoms with Crippen LogP contribution in [0.25, 0.3) is 33.2 Å². The molecule has 0 fully saturated rings. The normalized spacial score (nSPS) is 11.0. The molecule has 2 aromatic heterocycles. The van der Waals surface area contributed by atoms with Crippen molar-refractivity contribution in [2.45, 2.75) is 0 Å². The van der Waals surface area contributed by atoms with E-state index in [1.165, 1.54) is 0 Å². The molecule has 2 heterocycles. The number of ether oxygens (including phenoxy) is 2. The predicted molar refractivity (Wildman–Crippen MR) is 90.1 cm³/mol. The predicted octanol–water partition coefficient (Wildman–Crippen LogP) is 4.67. The smallest absolute Gasteiger partial charge is 0.170 e. The summed E-state index contributed by atoms with van der Waals surface area (Å²) in [5.41, 5.74) is 1.65. The zero-order valence-corrected chi connectivity index (χ0v) is 12.9. The fourth-order valence-corrected chi connectivity index (χ4v) is 2.79. The van der Waals surface area contributed by atoms with Gasteiger partial charge in [-0.1, -0.05) is 24.3 Å². The van der Waals surface area contributed by atoms with Gasteiger partial charge in [0.15, 0.2) is 17.3 Å². The first-order valence-electron chi connectivity index (χ1n) is 7.30. The highest BCUT2D eigenvalue weighted by atomic mass is 16.5. The van der Waals surface area contributed by atoms with Crippen molar-refractivity contribution in [1.29, 1.82) is 0 Å². The molecule has 114 valence electrons. The SMILES string of the molecule is COc1ccc2cc(-c3cc4ccccc4o3)ncc2c1OC. The van der Waals surface area contributed by atoms with Crippen LogP contribution >= 0.6 is 0 Å². The van der Waals surface area contributed by atoms with Gasteiger partial charge in [-0.3, -0.25) is 4.98 Å². The molecule has 0 aliphatic rings. The Kier molecular flexibility index (Phi) is 3.15. The average Bonchev–Trinajstić information content (AvgIpc) is 3.04. The zero-order valence-electron chi connectivity index (χ0n) is 12.9. The lowest BCUT2D eigenvalue weighted by Crippen LogP contribution is -1.92. The summed E-state index contributed by atoms with van der Waals surface area (Å²) < 4.78 is 16.7. The standard InChI is InChI=1S/C19H15NO3/c1-21-17-8-7-12-9-15(20-11-14(12)19(17)22-2)18-10-13-5-3-4-6-16(13)23-18/h3-11H,1-2H3. The van der Waals surface area contributed by atoms with Gasteiger partial charge in [0, 0.05) is 17.0 Å². The summed E-state index contributed by atoms with van der Waals surface area (Å²) in [5.74, 6) is 2.13. The Hall–Kier alpha value is -3.01. The molecule has 0 bridgehead atoms. The minimum Gasteiger partial charge on any atom is -0.493 e. The summed E-state index contributed by atoms with van der Waals surface area (Å²) in [6.07, 6.45) is 1.79. The fourth-order valence-electron chi connectivity index (χ4n) is 2.79. The quantitative estimate of drug-likeness (QED) is 0.552. The third-order valence-electron chi connectivity index (χ3n) is 3.92. The largest absolute Gasteiger partial charge is 0.493 e. The number of aromatic nitrogens is 1. The molecule has 0 unspecified atom stereocenters. The molecule has 2 aromatic carbocycles. The molecule has 4 aromatic rings. The molecule has 0 N–H and O–H groups in total. The monoisotopic (exact) mass is 305 g/mol. The molecular weight excluding hydrogens is 290 g/mol. The number of fused-ring (bicyclic) bond motifs is 2. The first-order valence-corrected chi connectivity index (χ1v) is 7.30. The van der Waals surface area contributed by atoms with Crippen molar-refractivity contribution in [3.8, 4) is 23.0 Å². The zero-order chi connectivity index (χ0) is 15.8. The number of methoxy groups -OCH3 is 2. The molecule has 4 nitrogen and oxygen atoms in total. The summed E-state index contributed by atoms with van der Waals surface area (Å²) in [6.45, 7) is 0. The molecule has 0 aliphatic heterocycles. The van der Waals surface area contributed by atoms with E-state index in [9.17, 15) is 0 Å². The summed E-state index contributed by atoms with van der Waals surface area (Å²) in [7, 11) is 3.25. The van der Waals surface area contributed by atoms with Crippen molar-refractivity contribution < 1.29 is 13.9 Å². The van der Waals surface area contributed by atoms with E-state index in [0.29, 0.717) is 11.5 Å². The first kappa shape index (κ1) is 13.6. The van der Waals surface area contributed by atoms with Crippen molar-refractivity contribution >= 4 is 21.7 Å². The summed E-state index contributed by atoms with van der Waals surface area (Å²) >= 11 is 0. The Morgan fingerprint density at radius 1 is 0.913 bits per heavy atom. The van der Waals surface area contributed by atoms with Crippen LogP contribution in [0.3, 0.4) is 0 Å². The second-order valence-electron chi connectivity index (χ2n) is 5.24. The van der Waals surface area contributed by atoms with Crippen molar-refractivity contribution in [2.24, 2.45) is 0 Å². The van der Waals surface area contributed by atoms with Crippen LogP contribution in [-0.2, 0) is 0 Å². The molecular formula is C19H15NO3. The minimum absolute atomic E-state index is 0.689. The van der Waals surface area contributed by atoms with Gasteiger partial charge >= 0.3 is 0 Å². The Bertz CT molecular complexity index is 971. The summed E-state index contributed by atoms with van der Waals surface area (Å²) in [6, 6.07) is 15.8. The minimum atomic E-state index is 0.689. The fraction of sp³-hybridized carbons (Fsp3) is 0.105. The summed E-state index contributed by atoms with van der Waals surface area (Å²) in [4.78, 5) is 4.53. The Morgan fingerprint density at radius 2 is 1.78 bits per heavy atom. The maximum atomic E-state index is 5.89. The number of hydrogen-bond acceptors (Lipinski definition) is 4. The first-order chi connectivity index (χ1) is 11.3. The molecule has 0 aliphatic carbocycles. The number of pyridine rings is 1. The Morgan fingerprint density at radius 3 is 2.57 bits per heavy atom. The van der Waals surface area contributed by atoms with Crippen LogP contribution in [-0.4, -0.2) is 19.2 Å². The molecule has 4 heteroatoms. The van der Waals surface area contributed by atoms with Crippen LogP contribution in [0.5, 0.6) is 11.5 Å². The average molecular weight is 305 g/mol. The lowest BCUT2D eigenvalue weighted by atomic mass is 10.1. The van der Waals surface area contributed by atoms with Crippen molar-refractivity contribution in [2.75, 3.05) is 14.2 Å². The maximum Gasteiger partial charge on any atom is 0.170 e. The number of hydrogen-bond donors (Lipinski definition) is 0. The highest BCUT2D eigenvalue weighted by Crippen LogP contribution is 2.36. The topological polar surface area (TPSA) is 44.5 Å². The van der Waals surface area contributed by atoms with Gasteiger partial charge in [0.25, 0.3) is 0 Å². The van der Waals surface area contributed by atoms with E-state index in [0.717, 1.165) is 33.2 Å².